The van der Waals surface area contributed by atoms with Gasteiger partial charge >= 0.3 is 0 Å². The number of hydrogen-bond donors (Lipinski definition) is 0. The lowest BCUT2D eigenvalue weighted by atomic mass is 9.71. The van der Waals surface area contributed by atoms with E-state index in [-0.39, 0.29) is 5.92 Å². The molecule has 1 fully saturated rings. The van der Waals surface area contributed by atoms with Crippen molar-refractivity contribution in [3.05, 3.63) is 6.42 Å². The molecule has 0 aromatic heterocycles. The summed E-state index contributed by atoms with van der Waals surface area (Å²) in [6.07, 6.45) is 4.93. The van der Waals surface area contributed by atoms with Crippen molar-refractivity contribution in [2.24, 2.45) is 11.3 Å². The van der Waals surface area contributed by atoms with Gasteiger partial charge in [-0.25, -0.2) is 0 Å². The number of ketones is 1. The fraction of sp³-hybridized carbons (Fsp3) is 0.800. The van der Waals surface area contributed by atoms with Gasteiger partial charge < -0.3 is 0 Å². The first-order chi connectivity index (χ1) is 5.05. The van der Waals surface area contributed by atoms with E-state index in [1.807, 2.05) is 13.3 Å². The summed E-state index contributed by atoms with van der Waals surface area (Å²) in [6.45, 7) is 6.48. The van der Waals surface area contributed by atoms with Crippen molar-refractivity contribution >= 4 is 5.78 Å². The van der Waals surface area contributed by atoms with Gasteiger partial charge in [-0.15, -0.1) is 0 Å². The van der Waals surface area contributed by atoms with Crippen LogP contribution in [-0.4, -0.2) is 5.78 Å². The van der Waals surface area contributed by atoms with Gasteiger partial charge in [-0.2, -0.15) is 0 Å². The highest BCUT2D eigenvalue weighted by atomic mass is 16.1. The van der Waals surface area contributed by atoms with E-state index in [1.165, 1.54) is 0 Å². The minimum atomic E-state index is 0.235. The van der Waals surface area contributed by atoms with Crippen LogP contribution in [0.4, 0.5) is 0 Å². The Hall–Kier alpha value is -0.330. The van der Waals surface area contributed by atoms with Crippen LogP contribution in [-0.2, 0) is 4.79 Å². The predicted molar refractivity (Wildman–Crippen MR) is 46.1 cm³/mol. The summed E-state index contributed by atoms with van der Waals surface area (Å²) >= 11 is 0. The second kappa shape index (κ2) is 2.96. The molecule has 11 heavy (non-hydrogen) atoms. The molecule has 1 rings (SSSR count). The molecular weight excluding hydrogens is 136 g/mol. The highest BCUT2D eigenvalue weighted by Gasteiger charge is 2.32. The molecule has 0 N–H and O–H groups in total. The van der Waals surface area contributed by atoms with Crippen LogP contribution in [0.5, 0.6) is 0 Å². The second-order valence-electron chi connectivity index (χ2n) is 4.27. The summed E-state index contributed by atoms with van der Waals surface area (Å²) in [4.78, 5) is 11.3. The molecular formula is C10H17O. The van der Waals surface area contributed by atoms with E-state index >= 15 is 0 Å². The average molecular weight is 153 g/mol. The Bertz CT molecular complexity index is 158. The lowest BCUT2D eigenvalue weighted by Crippen LogP contribution is -2.29. The van der Waals surface area contributed by atoms with E-state index in [4.69, 9.17) is 0 Å². The van der Waals surface area contributed by atoms with Gasteiger partial charge in [-0.3, -0.25) is 4.79 Å². The third kappa shape index (κ3) is 2.05. The van der Waals surface area contributed by atoms with Crippen LogP contribution < -0.4 is 0 Å². The summed E-state index contributed by atoms with van der Waals surface area (Å²) in [5.74, 6) is 0.672. The molecule has 0 saturated heterocycles. The van der Waals surface area contributed by atoms with Crippen molar-refractivity contribution in [3.63, 3.8) is 0 Å². The average Bonchev–Trinajstić information content (AvgIpc) is 1.94. The first kappa shape index (κ1) is 8.76. The molecule has 0 aromatic carbocycles. The maximum absolute atomic E-state index is 11.3. The molecule has 1 nitrogen and oxygen atoms in total. The lowest BCUT2D eigenvalue weighted by molar-refractivity contribution is -0.125. The van der Waals surface area contributed by atoms with Crippen molar-refractivity contribution in [1.82, 2.24) is 0 Å². The highest BCUT2D eigenvalue weighted by Crippen LogP contribution is 2.37. The fourth-order valence-corrected chi connectivity index (χ4v) is 1.76. The molecule has 1 heteroatoms. The standard InChI is InChI=1S/C10H17O/c1-4-8-7-10(2,3)6-5-9(8)11/h4,8H,5-7H2,1-3H3. The Kier molecular flexibility index (Phi) is 2.36. The number of carbonyl (C=O) groups excluding carboxylic acids is 1. The lowest BCUT2D eigenvalue weighted by Gasteiger charge is -2.33. The summed E-state index contributed by atoms with van der Waals surface area (Å²) < 4.78 is 0. The molecule has 0 aromatic rings. The zero-order valence-corrected chi connectivity index (χ0v) is 7.68. The summed E-state index contributed by atoms with van der Waals surface area (Å²) in [6, 6.07) is 0. The fourth-order valence-electron chi connectivity index (χ4n) is 1.76. The second-order valence-corrected chi connectivity index (χ2v) is 4.27. The van der Waals surface area contributed by atoms with Crippen LogP contribution >= 0.6 is 0 Å². The number of carbonyl (C=O) groups is 1. The molecule has 1 unspecified atom stereocenters. The van der Waals surface area contributed by atoms with Gasteiger partial charge in [-0.1, -0.05) is 20.8 Å². The minimum Gasteiger partial charge on any atom is -0.299 e. The quantitative estimate of drug-likeness (QED) is 0.566. The van der Waals surface area contributed by atoms with E-state index in [9.17, 15) is 4.79 Å². The number of hydrogen-bond acceptors (Lipinski definition) is 1. The van der Waals surface area contributed by atoms with E-state index in [0.717, 1.165) is 19.3 Å². The van der Waals surface area contributed by atoms with Gasteiger partial charge in [0.25, 0.3) is 0 Å². The Morgan fingerprint density at radius 2 is 2.18 bits per heavy atom. The van der Waals surface area contributed by atoms with E-state index in [1.54, 1.807) is 0 Å². The third-order valence-electron chi connectivity index (χ3n) is 2.64. The first-order valence-corrected chi connectivity index (χ1v) is 4.37. The summed E-state index contributed by atoms with van der Waals surface area (Å²) in [5.41, 5.74) is 0.380. The topological polar surface area (TPSA) is 17.1 Å². The maximum Gasteiger partial charge on any atom is 0.136 e. The molecule has 1 atom stereocenters. The van der Waals surface area contributed by atoms with Crippen molar-refractivity contribution in [1.29, 1.82) is 0 Å². The smallest absolute Gasteiger partial charge is 0.136 e. The molecule has 1 aliphatic carbocycles. The van der Waals surface area contributed by atoms with Crippen LogP contribution in [0.1, 0.15) is 40.0 Å². The zero-order chi connectivity index (χ0) is 8.48. The van der Waals surface area contributed by atoms with Crippen molar-refractivity contribution in [2.45, 2.75) is 40.0 Å². The van der Waals surface area contributed by atoms with Gasteiger partial charge in [0.2, 0.25) is 0 Å². The van der Waals surface area contributed by atoms with Crippen LogP contribution in [0.25, 0.3) is 0 Å². The molecule has 1 aliphatic rings. The molecule has 0 heterocycles. The van der Waals surface area contributed by atoms with Crippen LogP contribution in [0.3, 0.4) is 0 Å². The first-order valence-electron chi connectivity index (χ1n) is 4.37. The Morgan fingerprint density at radius 3 is 2.64 bits per heavy atom. The summed E-state index contributed by atoms with van der Waals surface area (Å²) in [5, 5.41) is 0. The highest BCUT2D eigenvalue weighted by molar-refractivity contribution is 5.83. The Morgan fingerprint density at radius 1 is 1.55 bits per heavy atom. The number of Topliss-reactive ketones (excluding diaryl/α,β-unsaturated/α-hetero) is 1. The summed E-state index contributed by atoms with van der Waals surface area (Å²) in [7, 11) is 0. The van der Waals surface area contributed by atoms with Crippen LogP contribution in [0, 0.1) is 17.8 Å². The zero-order valence-electron chi connectivity index (χ0n) is 7.68. The van der Waals surface area contributed by atoms with Crippen molar-refractivity contribution in [3.8, 4) is 0 Å². The largest absolute Gasteiger partial charge is 0.299 e. The number of rotatable bonds is 1. The van der Waals surface area contributed by atoms with Crippen molar-refractivity contribution in [2.75, 3.05) is 0 Å². The molecule has 0 bridgehead atoms. The molecule has 0 spiro atoms. The van der Waals surface area contributed by atoms with Gasteiger partial charge in [0, 0.05) is 12.3 Å². The van der Waals surface area contributed by atoms with Gasteiger partial charge in [0.1, 0.15) is 5.78 Å². The third-order valence-corrected chi connectivity index (χ3v) is 2.64. The van der Waals surface area contributed by atoms with E-state index < -0.39 is 0 Å². The molecule has 63 valence electrons. The van der Waals surface area contributed by atoms with Gasteiger partial charge in [-0.05, 0) is 24.7 Å². The minimum absolute atomic E-state index is 0.235. The molecule has 0 aliphatic heterocycles. The Labute approximate surface area is 69.2 Å². The van der Waals surface area contributed by atoms with Gasteiger partial charge in [0.05, 0.1) is 0 Å². The van der Waals surface area contributed by atoms with Crippen LogP contribution in [0.2, 0.25) is 0 Å². The molecule has 1 saturated carbocycles. The van der Waals surface area contributed by atoms with Crippen molar-refractivity contribution < 1.29 is 4.79 Å². The van der Waals surface area contributed by atoms with Crippen LogP contribution in [0.15, 0.2) is 0 Å². The molecule has 1 radical (unpaired) electrons. The van der Waals surface area contributed by atoms with Gasteiger partial charge in [0.15, 0.2) is 0 Å². The normalized spacial score (nSPS) is 30.5. The maximum atomic E-state index is 11.3. The van der Waals surface area contributed by atoms with E-state index in [2.05, 4.69) is 13.8 Å². The monoisotopic (exact) mass is 153 g/mol. The van der Waals surface area contributed by atoms with E-state index in [0.29, 0.717) is 11.2 Å². The molecule has 0 amide bonds. The Balaban J connectivity index is 2.58. The predicted octanol–water partition coefficient (Wildman–Crippen LogP) is 2.61. The SMILES string of the molecule is C[CH]C1CC(C)(C)CCC1=O.